The van der Waals surface area contributed by atoms with Gasteiger partial charge in [0.25, 0.3) is 11.5 Å². The van der Waals surface area contributed by atoms with E-state index in [9.17, 15) is 9.59 Å². The molecule has 1 unspecified atom stereocenters. The molecule has 4 rings (SSSR count). The first-order valence-electron chi connectivity index (χ1n) is 9.14. The monoisotopic (exact) mass is 396 g/mol. The normalized spacial score (nSPS) is 17.9. The first-order valence-corrected chi connectivity index (χ1v) is 9.95. The first kappa shape index (κ1) is 19.3. The lowest BCUT2D eigenvalue weighted by molar-refractivity contribution is 0.0937. The molecule has 1 aliphatic heterocycles. The van der Waals surface area contributed by atoms with Crippen molar-refractivity contribution in [3.05, 3.63) is 26.6 Å². The second-order valence-corrected chi connectivity index (χ2v) is 8.18. The zero-order valence-electron chi connectivity index (χ0n) is 14.9. The highest BCUT2D eigenvalue weighted by Crippen LogP contribution is 2.33. The van der Waals surface area contributed by atoms with Crippen LogP contribution in [0.2, 0.25) is 0 Å². The Morgan fingerprint density at radius 2 is 2.15 bits per heavy atom. The van der Waals surface area contributed by atoms with E-state index in [4.69, 9.17) is 10.7 Å². The Morgan fingerprint density at radius 1 is 1.38 bits per heavy atom. The number of nitrogens with two attached hydrogens (primary N) is 1. The minimum Gasteiger partial charge on any atom is -0.347 e. The summed E-state index contributed by atoms with van der Waals surface area (Å²) < 4.78 is 1.81. The van der Waals surface area contributed by atoms with E-state index in [2.05, 4.69) is 5.32 Å². The third kappa shape index (κ3) is 3.40. The van der Waals surface area contributed by atoms with Crippen LogP contribution in [-0.2, 0) is 13.0 Å². The largest absolute Gasteiger partial charge is 0.347 e. The predicted octanol–water partition coefficient (Wildman–Crippen LogP) is 2.38. The third-order valence-electron chi connectivity index (χ3n) is 5.38. The molecule has 2 aliphatic rings. The number of halogens is 1. The fourth-order valence-electron chi connectivity index (χ4n) is 3.73. The van der Waals surface area contributed by atoms with Crippen LogP contribution in [0.3, 0.4) is 0 Å². The van der Waals surface area contributed by atoms with Crippen LogP contribution >= 0.6 is 23.7 Å². The minimum absolute atomic E-state index is 0. The molecule has 142 valence electrons. The van der Waals surface area contributed by atoms with Crippen LogP contribution in [0.25, 0.3) is 10.2 Å². The average molecular weight is 397 g/mol. The highest BCUT2D eigenvalue weighted by atomic mass is 35.5. The van der Waals surface area contributed by atoms with Gasteiger partial charge in [0.15, 0.2) is 0 Å². The van der Waals surface area contributed by atoms with E-state index in [-0.39, 0.29) is 29.9 Å². The van der Waals surface area contributed by atoms with Gasteiger partial charge in [-0.2, -0.15) is 0 Å². The van der Waals surface area contributed by atoms with Crippen LogP contribution in [0.5, 0.6) is 0 Å². The van der Waals surface area contributed by atoms with Crippen LogP contribution in [0.4, 0.5) is 0 Å². The lowest BCUT2D eigenvalue weighted by Crippen LogP contribution is -2.41. The number of fused-ring (bicyclic) bond motifs is 2. The molecular formula is C18H25ClN4O2S. The van der Waals surface area contributed by atoms with E-state index in [1.54, 1.807) is 0 Å². The number of aryl methyl sites for hydroxylation is 2. The van der Waals surface area contributed by atoms with Crippen molar-refractivity contribution in [2.24, 2.45) is 11.7 Å². The number of nitrogens with one attached hydrogen (secondary N) is 1. The Hall–Kier alpha value is -1.44. The fraction of sp³-hybridized carbons (Fsp3) is 0.611. The summed E-state index contributed by atoms with van der Waals surface area (Å²) in [5, 5.41) is 3.66. The molecule has 2 aromatic heterocycles. The fourth-order valence-corrected chi connectivity index (χ4v) is 4.82. The van der Waals surface area contributed by atoms with E-state index < -0.39 is 0 Å². The van der Waals surface area contributed by atoms with E-state index in [0.29, 0.717) is 27.6 Å². The lowest BCUT2D eigenvalue weighted by Gasteiger charge is -2.15. The number of carbonyl (C=O) groups is 1. The van der Waals surface area contributed by atoms with Crippen molar-refractivity contribution in [1.29, 1.82) is 0 Å². The van der Waals surface area contributed by atoms with Gasteiger partial charge in [-0.15, -0.1) is 23.7 Å². The van der Waals surface area contributed by atoms with Crippen molar-refractivity contribution in [3.63, 3.8) is 0 Å². The quantitative estimate of drug-likeness (QED) is 0.830. The first-order chi connectivity index (χ1) is 12.1. The Labute approximate surface area is 162 Å². The van der Waals surface area contributed by atoms with Crippen LogP contribution in [0, 0.1) is 12.8 Å². The number of hydrogen-bond donors (Lipinski definition) is 2. The van der Waals surface area contributed by atoms with Gasteiger partial charge in [0.2, 0.25) is 0 Å². The molecule has 0 aromatic carbocycles. The summed E-state index contributed by atoms with van der Waals surface area (Å²) in [5.74, 6) is 1.24. The van der Waals surface area contributed by atoms with Gasteiger partial charge in [-0.25, -0.2) is 4.98 Å². The van der Waals surface area contributed by atoms with Crippen molar-refractivity contribution in [3.8, 4) is 0 Å². The maximum absolute atomic E-state index is 13.0. The highest BCUT2D eigenvalue weighted by Gasteiger charge is 2.32. The van der Waals surface area contributed by atoms with Crippen molar-refractivity contribution in [1.82, 2.24) is 14.9 Å². The second kappa shape index (κ2) is 7.66. The summed E-state index contributed by atoms with van der Waals surface area (Å²) in [6.45, 7) is 3.04. The molecule has 3 N–H and O–H groups in total. The number of thiophene rings is 1. The molecule has 3 heterocycles. The van der Waals surface area contributed by atoms with E-state index in [1.165, 1.54) is 11.3 Å². The van der Waals surface area contributed by atoms with Crippen LogP contribution in [0.1, 0.15) is 53.2 Å². The number of rotatable bonds is 4. The molecule has 1 amide bonds. The zero-order chi connectivity index (χ0) is 17.6. The van der Waals surface area contributed by atoms with Gasteiger partial charge in [-0.1, -0.05) is 6.42 Å². The molecule has 8 heteroatoms. The molecule has 6 nitrogen and oxygen atoms in total. The molecule has 0 saturated heterocycles. The SMILES string of the molecule is Cc1c(C(=O)NC(CN)C2CC2)sc2nc3n(c(=O)c12)CCCCC3.Cl. The van der Waals surface area contributed by atoms with Crippen LogP contribution in [0.15, 0.2) is 4.79 Å². The Bertz CT molecular complexity index is 887. The number of amides is 1. The standard InChI is InChI=1S/C18H24N4O2S.ClH/c1-10-14-17(21-13-5-3-2-4-8-22(13)18(14)24)25-15(10)16(23)20-12(9-19)11-6-7-11;/h11-12H,2-9,19H2,1H3,(H,20,23);1H. The number of nitrogens with zero attached hydrogens (tertiary/aromatic N) is 2. The smallest absolute Gasteiger partial charge is 0.262 e. The molecule has 0 radical (unpaired) electrons. The molecule has 1 atom stereocenters. The Balaban J connectivity index is 0.00000196. The summed E-state index contributed by atoms with van der Waals surface area (Å²) in [7, 11) is 0. The maximum Gasteiger partial charge on any atom is 0.262 e. The number of aromatic nitrogens is 2. The molecule has 2 aromatic rings. The van der Waals surface area contributed by atoms with Crippen LogP contribution in [-0.4, -0.2) is 28.0 Å². The number of carbonyl (C=O) groups excluding carboxylic acids is 1. The summed E-state index contributed by atoms with van der Waals surface area (Å²) in [4.78, 5) is 31.7. The topological polar surface area (TPSA) is 90.0 Å². The Kier molecular flexibility index (Phi) is 5.69. The predicted molar refractivity (Wildman–Crippen MR) is 106 cm³/mol. The van der Waals surface area contributed by atoms with Gasteiger partial charge in [0.1, 0.15) is 10.7 Å². The summed E-state index contributed by atoms with van der Waals surface area (Å²) >= 11 is 1.33. The van der Waals surface area contributed by atoms with E-state index in [1.807, 2.05) is 11.5 Å². The van der Waals surface area contributed by atoms with Gasteiger partial charge in [-0.3, -0.25) is 14.2 Å². The van der Waals surface area contributed by atoms with Crippen molar-refractivity contribution >= 4 is 39.9 Å². The molecule has 1 saturated carbocycles. The molecule has 0 bridgehead atoms. The molecule has 0 spiro atoms. The molecule has 26 heavy (non-hydrogen) atoms. The summed E-state index contributed by atoms with van der Waals surface area (Å²) in [6, 6.07) is 0.0305. The van der Waals surface area contributed by atoms with Crippen molar-refractivity contribution in [2.45, 2.75) is 58.0 Å². The minimum atomic E-state index is -0.123. The van der Waals surface area contributed by atoms with E-state index >= 15 is 0 Å². The third-order valence-corrected chi connectivity index (χ3v) is 6.56. The highest BCUT2D eigenvalue weighted by molar-refractivity contribution is 7.20. The summed E-state index contributed by atoms with van der Waals surface area (Å²) in [5.41, 5.74) is 6.56. The van der Waals surface area contributed by atoms with Gasteiger partial charge in [0.05, 0.1) is 10.3 Å². The van der Waals surface area contributed by atoms with Gasteiger partial charge >= 0.3 is 0 Å². The lowest BCUT2D eigenvalue weighted by atomic mass is 10.1. The molecule has 1 aliphatic carbocycles. The van der Waals surface area contributed by atoms with Gasteiger partial charge in [-0.05, 0) is 44.1 Å². The second-order valence-electron chi connectivity index (χ2n) is 7.18. The van der Waals surface area contributed by atoms with Gasteiger partial charge < -0.3 is 11.1 Å². The van der Waals surface area contributed by atoms with Crippen LogP contribution < -0.4 is 16.6 Å². The van der Waals surface area contributed by atoms with Crippen molar-refractivity contribution < 1.29 is 4.79 Å². The molecular weight excluding hydrogens is 372 g/mol. The van der Waals surface area contributed by atoms with E-state index in [0.717, 1.165) is 56.5 Å². The average Bonchev–Trinajstić information content (AvgIpc) is 3.40. The van der Waals surface area contributed by atoms with Crippen molar-refractivity contribution in [2.75, 3.05) is 6.54 Å². The summed E-state index contributed by atoms with van der Waals surface area (Å²) in [6.07, 6.45) is 6.29. The number of hydrogen-bond acceptors (Lipinski definition) is 5. The Morgan fingerprint density at radius 3 is 2.85 bits per heavy atom. The van der Waals surface area contributed by atoms with Gasteiger partial charge in [0, 0.05) is 25.6 Å². The maximum atomic E-state index is 13.0. The molecule has 1 fully saturated rings. The zero-order valence-corrected chi connectivity index (χ0v) is 16.5.